The summed E-state index contributed by atoms with van der Waals surface area (Å²) in [5, 5.41) is -1.87. The van der Waals surface area contributed by atoms with Crippen molar-refractivity contribution in [2.75, 3.05) is 31.3 Å². The number of hydrogen-bond acceptors (Lipinski definition) is 2. The van der Waals surface area contributed by atoms with E-state index in [1.54, 1.807) is 0 Å². The van der Waals surface area contributed by atoms with Gasteiger partial charge >= 0.3 is 134 Å². The second-order valence-corrected chi connectivity index (χ2v) is 17.6. The van der Waals surface area contributed by atoms with Crippen molar-refractivity contribution in [2.45, 2.75) is 66.2 Å². The minimum absolute atomic E-state index is 0.149. The molecule has 0 heterocycles. The molecule has 0 N–H and O–H groups in total. The number of carbonyl (C=O) groups excluding carboxylic acids is 1. The van der Waals surface area contributed by atoms with Crippen LogP contribution in [0.1, 0.15) is 66.2 Å². The first-order valence-corrected chi connectivity index (χ1v) is 13.2. The Labute approximate surface area is 134 Å². The Bertz CT molecular complexity index is 257. The van der Waals surface area contributed by atoms with Gasteiger partial charge in [-0.3, -0.25) is 0 Å². The van der Waals surface area contributed by atoms with E-state index in [1.807, 2.05) is 0 Å². The van der Waals surface area contributed by atoms with Crippen molar-refractivity contribution < 1.29 is 9.53 Å². The molecular weight excluding hydrogens is 335 g/mol. The number of halogens is 1. The molecule has 2 nitrogen and oxygen atoms in total. The van der Waals surface area contributed by atoms with Crippen molar-refractivity contribution in [2.24, 2.45) is 0 Å². The molecule has 0 aromatic carbocycles. The average molecular weight is 369 g/mol. The molecule has 0 radical (unpaired) electrons. The molecule has 4 heteroatoms. The summed E-state index contributed by atoms with van der Waals surface area (Å²) in [5.41, 5.74) is 0. The van der Waals surface area contributed by atoms with Crippen LogP contribution < -0.4 is 0 Å². The fourth-order valence-electron chi connectivity index (χ4n) is 2.75. The van der Waals surface area contributed by atoms with Crippen LogP contribution >= 0.6 is 20.8 Å². The van der Waals surface area contributed by atoms with Gasteiger partial charge in [0.2, 0.25) is 0 Å². The van der Waals surface area contributed by atoms with Crippen LogP contribution in [0.15, 0.2) is 0 Å². The molecule has 0 atom stereocenters. The second-order valence-electron chi connectivity index (χ2n) is 6.11. The quantitative estimate of drug-likeness (QED) is 0.320. The van der Waals surface area contributed by atoms with Gasteiger partial charge in [0.25, 0.3) is 0 Å². The van der Waals surface area contributed by atoms with E-state index in [9.17, 15) is 4.79 Å². The third-order valence-corrected chi connectivity index (χ3v) is 14.0. The van der Waals surface area contributed by atoms with Gasteiger partial charge in [-0.25, -0.2) is 0 Å². The zero-order valence-corrected chi connectivity index (χ0v) is 16.4. The Morgan fingerprint density at radius 2 is 1.30 bits per heavy atom. The van der Waals surface area contributed by atoms with Crippen LogP contribution in [-0.4, -0.2) is 37.2 Å². The van der Waals surface area contributed by atoms with E-state index >= 15 is 0 Å². The van der Waals surface area contributed by atoms with E-state index in [-0.39, 0.29) is 5.97 Å². The van der Waals surface area contributed by atoms with Gasteiger partial charge < -0.3 is 0 Å². The molecule has 20 heavy (non-hydrogen) atoms. The first-order chi connectivity index (χ1) is 9.40. The molecule has 0 saturated heterocycles. The summed E-state index contributed by atoms with van der Waals surface area (Å²) in [7, 11) is 0. The second kappa shape index (κ2) is 10.2. The molecular formula is C16H34BrO2P. The van der Waals surface area contributed by atoms with E-state index < -0.39 is 5.31 Å². The summed E-state index contributed by atoms with van der Waals surface area (Å²) < 4.78 is 5.27. The van der Waals surface area contributed by atoms with E-state index in [0.717, 1.165) is 6.16 Å². The van der Waals surface area contributed by atoms with Crippen LogP contribution in [0.25, 0.3) is 0 Å². The van der Waals surface area contributed by atoms with Crippen LogP contribution in [0.2, 0.25) is 0 Å². The Morgan fingerprint density at radius 3 is 1.60 bits per heavy atom. The predicted octanol–water partition coefficient (Wildman–Crippen LogP) is 5.81. The maximum absolute atomic E-state index is 11.1. The SMILES string of the molecule is CCCCP(Br)(CCCC)(CCCC)CCOC(C)=O. The monoisotopic (exact) mass is 368 g/mol. The topological polar surface area (TPSA) is 26.3 Å². The van der Waals surface area contributed by atoms with Gasteiger partial charge in [-0.05, 0) is 0 Å². The fourth-order valence-corrected chi connectivity index (χ4v) is 10.6. The average Bonchev–Trinajstić information content (AvgIpc) is 2.41. The Balaban J connectivity index is 4.90. The van der Waals surface area contributed by atoms with Crippen molar-refractivity contribution >= 4 is 26.8 Å². The molecule has 0 unspecified atom stereocenters. The summed E-state index contributed by atoms with van der Waals surface area (Å²) in [5.74, 6) is -0.149. The summed E-state index contributed by atoms with van der Waals surface area (Å²) in [6, 6.07) is 0. The van der Waals surface area contributed by atoms with Gasteiger partial charge in [-0.1, -0.05) is 0 Å². The molecule has 122 valence electrons. The molecule has 0 rings (SSSR count). The number of rotatable bonds is 12. The first kappa shape index (κ1) is 20.4. The molecule has 0 amide bonds. The molecule has 0 fully saturated rings. The molecule has 0 bridgehead atoms. The number of unbranched alkanes of at least 4 members (excludes halogenated alkanes) is 3. The number of esters is 1. The standard InChI is InChI=1S/C16H34BrO2P/c1-5-8-12-20(17,13-9-6-2,14-10-7-3)15-11-19-16(4)18/h5-15H2,1-4H3. The van der Waals surface area contributed by atoms with Crippen LogP contribution in [0.3, 0.4) is 0 Å². The Kier molecular flexibility index (Phi) is 10.4. The van der Waals surface area contributed by atoms with Crippen LogP contribution in [0.4, 0.5) is 0 Å². The van der Waals surface area contributed by atoms with Gasteiger partial charge in [-0.2, -0.15) is 0 Å². The van der Waals surface area contributed by atoms with Gasteiger partial charge in [0, 0.05) is 0 Å². The summed E-state index contributed by atoms with van der Waals surface area (Å²) in [4.78, 5) is 11.1. The van der Waals surface area contributed by atoms with E-state index in [4.69, 9.17) is 4.74 Å². The zero-order valence-electron chi connectivity index (χ0n) is 13.9. The molecule has 0 aromatic rings. The summed E-state index contributed by atoms with van der Waals surface area (Å²) >= 11 is 4.29. The van der Waals surface area contributed by atoms with Gasteiger partial charge in [-0.15, -0.1) is 0 Å². The molecule has 0 aliphatic heterocycles. The molecule has 0 aromatic heterocycles. The van der Waals surface area contributed by atoms with Crippen molar-refractivity contribution in [3.8, 4) is 0 Å². The first-order valence-electron chi connectivity index (χ1n) is 8.25. The number of carbonyl (C=O) groups is 1. The summed E-state index contributed by atoms with van der Waals surface area (Å²) in [6.07, 6.45) is 12.6. The van der Waals surface area contributed by atoms with Crippen molar-refractivity contribution in [3.63, 3.8) is 0 Å². The van der Waals surface area contributed by atoms with E-state index in [0.29, 0.717) is 6.61 Å². The third kappa shape index (κ3) is 7.98. The van der Waals surface area contributed by atoms with Gasteiger partial charge in [0.05, 0.1) is 0 Å². The zero-order chi connectivity index (χ0) is 15.5. The fraction of sp³-hybridized carbons (Fsp3) is 0.938. The number of ether oxygens (including phenoxy) is 1. The van der Waals surface area contributed by atoms with Crippen molar-refractivity contribution in [3.05, 3.63) is 0 Å². The van der Waals surface area contributed by atoms with E-state index in [1.165, 1.54) is 63.9 Å². The number of hydrogen-bond donors (Lipinski definition) is 0. The molecule has 0 aliphatic rings. The van der Waals surface area contributed by atoms with Gasteiger partial charge in [0.15, 0.2) is 0 Å². The molecule has 0 saturated carbocycles. The molecule has 0 spiro atoms. The van der Waals surface area contributed by atoms with Crippen LogP contribution in [-0.2, 0) is 9.53 Å². The van der Waals surface area contributed by atoms with Crippen LogP contribution in [0.5, 0.6) is 0 Å². The van der Waals surface area contributed by atoms with Gasteiger partial charge in [0.1, 0.15) is 0 Å². The van der Waals surface area contributed by atoms with Crippen molar-refractivity contribution in [1.29, 1.82) is 0 Å². The third-order valence-electron chi connectivity index (χ3n) is 4.17. The minimum atomic E-state index is -1.87. The Morgan fingerprint density at radius 1 is 0.900 bits per heavy atom. The summed E-state index contributed by atoms with van der Waals surface area (Å²) in [6.45, 7) is 8.89. The maximum atomic E-state index is 11.1. The Hall–Kier alpha value is 0.380. The molecule has 0 aliphatic carbocycles. The van der Waals surface area contributed by atoms with Crippen LogP contribution in [0, 0.1) is 0 Å². The van der Waals surface area contributed by atoms with Crippen molar-refractivity contribution in [1.82, 2.24) is 0 Å². The normalized spacial score (nSPS) is 13.8. The predicted molar refractivity (Wildman–Crippen MR) is 96.7 cm³/mol. The van der Waals surface area contributed by atoms with E-state index in [2.05, 4.69) is 36.3 Å².